The molecule has 24 heavy (non-hydrogen) atoms. The summed E-state index contributed by atoms with van der Waals surface area (Å²) in [6.45, 7) is 2.88. The Morgan fingerprint density at radius 1 is 1.29 bits per heavy atom. The Balaban J connectivity index is 1.59. The maximum absolute atomic E-state index is 11.9. The van der Waals surface area contributed by atoms with E-state index in [1.807, 2.05) is 36.4 Å². The molecule has 0 aliphatic heterocycles. The zero-order chi connectivity index (χ0) is 16.8. The number of nitrogens with zero attached hydrogens (tertiary/aromatic N) is 4. The second kappa shape index (κ2) is 7.74. The number of benzene rings is 1. The molecule has 1 N–H and O–H groups in total. The lowest BCUT2D eigenvalue weighted by atomic mass is 10.3. The van der Waals surface area contributed by atoms with Gasteiger partial charge in [-0.15, -0.1) is 0 Å². The molecular formula is C17H17N5OS. The van der Waals surface area contributed by atoms with E-state index in [0.29, 0.717) is 0 Å². The van der Waals surface area contributed by atoms with Gasteiger partial charge in [0.15, 0.2) is 5.16 Å². The summed E-state index contributed by atoms with van der Waals surface area (Å²) in [6.07, 6.45) is 4.94. The van der Waals surface area contributed by atoms with E-state index in [-0.39, 0.29) is 11.7 Å². The molecule has 2 aromatic heterocycles. The number of imidazole rings is 1. The van der Waals surface area contributed by atoms with Gasteiger partial charge in [0.2, 0.25) is 0 Å². The molecule has 0 atom stereocenters. The summed E-state index contributed by atoms with van der Waals surface area (Å²) in [5, 5.41) is 4.79. The van der Waals surface area contributed by atoms with Gasteiger partial charge in [0.25, 0.3) is 5.91 Å². The number of pyridine rings is 1. The summed E-state index contributed by atoms with van der Waals surface area (Å²) < 4.78 is 2.10. The predicted molar refractivity (Wildman–Crippen MR) is 96.1 cm³/mol. The lowest BCUT2D eigenvalue weighted by Crippen LogP contribution is -2.20. The Hall–Kier alpha value is -2.67. The SMILES string of the molecule is CCn1c(SCC(=O)N/N=C/c2ccncc2)nc2ccccc21. The highest BCUT2D eigenvalue weighted by molar-refractivity contribution is 7.99. The quantitative estimate of drug-likeness (QED) is 0.426. The van der Waals surface area contributed by atoms with Crippen molar-refractivity contribution in [2.75, 3.05) is 5.75 Å². The summed E-state index contributed by atoms with van der Waals surface area (Å²) in [4.78, 5) is 20.4. The summed E-state index contributed by atoms with van der Waals surface area (Å²) in [6, 6.07) is 11.6. The van der Waals surface area contributed by atoms with Crippen LogP contribution in [0.25, 0.3) is 11.0 Å². The number of thioether (sulfide) groups is 1. The van der Waals surface area contributed by atoms with Gasteiger partial charge in [0.1, 0.15) is 0 Å². The Labute approximate surface area is 144 Å². The van der Waals surface area contributed by atoms with Crippen LogP contribution in [0.2, 0.25) is 0 Å². The molecule has 6 nitrogen and oxygen atoms in total. The molecule has 7 heteroatoms. The van der Waals surface area contributed by atoms with Crippen LogP contribution in [-0.2, 0) is 11.3 Å². The van der Waals surface area contributed by atoms with Crippen LogP contribution in [0.15, 0.2) is 59.0 Å². The monoisotopic (exact) mass is 339 g/mol. The van der Waals surface area contributed by atoms with Gasteiger partial charge < -0.3 is 4.57 Å². The van der Waals surface area contributed by atoms with Crippen LogP contribution in [0.4, 0.5) is 0 Å². The molecule has 0 radical (unpaired) electrons. The van der Waals surface area contributed by atoms with Crippen LogP contribution in [-0.4, -0.2) is 32.4 Å². The molecule has 0 bridgehead atoms. The number of amides is 1. The minimum Gasteiger partial charge on any atom is -0.319 e. The highest BCUT2D eigenvalue weighted by Crippen LogP contribution is 2.23. The first-order chi connectivity index (χ1) is 11.8. The Kier molecular flexibility index (Phi) is 5.22. The molecule has 0 spiro atoms. The first kappa shape index (κ1) is 16.2. The number of nitrogens with one attached hydrogen (secondary N) is 1. The van der Waals surface area contributed by atoms with Crippen molar-refractivity contribution in [1.82, 2.24) is 20.0 Å². The highest BCUT2D eigenvalue weighted by Gasteiger charge is 2.11. The smallest absolute Gasteiger partial charge is 0.250 e. The third-order valence-electron chi connectivity index (χ3n) is 3.38. The molecule has 0 fully saturated rings. The number of hydrogen-bond donors (Lipinski definition) is 1. The molecule has 0 saturated carbocycles. The van der Waals surface area contributed by atoms with Crippen LogP contribution < -0.4 is 5.43 Å². The topological polar surface area (TPSA) is 72.2 Å². The van der Waals surface area contributed by atoms with Gasteiger partial charge in [0, 0.05) is 18.9 Å². The maximum Gasteiger partial charge on any atom is 0.250 e. The second-order valence-electron chi connectivity index (χ2n) is 4.99. The largest absolute Gasteiger partial charge is 0.319 e. The van der Waals surface area contributed by atoms with Gasteiger partial charge in [-0.2, -0.15) is 5.10 Å². The van der Waals surface area contributed by atoms with E-state index >= 15 is 0 Å². The Morgan fingerprint density at radius 2 is 2.08 bits per heavy atom. The minimum absolute atomic E-state index is 0.167. The Bertz CT molecular complexity index is 860. The molecule has 0 saturated heterocycles. The number of hydrogen-bond acceptors (Lipinski definition) is 5. The van der Waals surface area contributed by atoms with Crippen LogP contribution in [0.3, 0.4) is 0 Å². The van der Waals surface area contributed by atoms with Crippen LogP contribution in [0, 0.1) is 0 Å². The summed E-state index contributed by atoms with van der Waals surface area (Å²) in [5.74, 6) is 0.0943. The molecule has 1 aromatic carbocycles. The molecule has 0 aliphatic rings. The van der Waals surface area contributed by atoms with Crippen molar-refractivity contribution < 1.29 is 4.79 Å². The average Bonchev–Trinajstić information content (AvgIpc) is 2.98. The fourth-order valence-electron chi connectivity index (χ4n) is 2.26. The third-order valence-corrected chi connectivity index (χ3v) is 4.35. The van der Waals surface area contributed by atoms with Crippen LogP contribution >= 0.6 is 11.8 Å². The summed E-state index contributed by atoms with van der Waals surface area (Å²) >= 11 is 1.41. The number of para-hydroxylation sites is 2. The molecule has 3 rings (SSSR count). The van der Waals surface area contributed by atoms with Crippen molar-refractivity contribution in [3.8, 4) is 0 Å². The number of aryl methyl sites for hydroxylation is 1. The van der Waals surface area contributed by atoms with Crippen molar-refractivity contribution in [1.29, 1.82) is 0 Å². The van der Waals surface area contributed by atoms with Crippen molar-refractivity contribution in [3.05, 3.63) is 54.4 Å². The van der Waals surface area contributed by atoms with E-state index in [1.54, 1.807) is 18.6 Å². The zero-order valence-electron chi connectivity index (χ0n) is 13.2. The molecule has 3 aromatic rings. The molecule has 2 heterocycles. The van der Waals surface area contributed by atoms with E-state index in [1.165, 1.54) is 11.8 Å². The van der Waals surface area contributed by atoms with Crippen molar-refractivity contribution >= 4 is 34.9 Å². The van der Waals surface area contributed by atoms with Gasteiger partial charge in [-0.1, -0.05) is 23.9 Å². The van der Waals surface area contributed by atoms with Gasteiger partial charge in [-0.05, 0) is 36.8 Å². The standard InChI is InChI=1S/C17H17N5OS/c1-2-22-15-6-4-3-5-14(15)20-17(22)24-12-16(23)21-19-11-13-7-9-18-10-8-13/h3-11H,2,12H2,1H3,(H,21,23)/b19-11+. The molecule has 0 aliphatic carbocycles. The van der Waals surface area contributed by atoms with E-state index in [9.17, 15) is 4.79 Å². The fourth-order valence-corrected chi connectivity index (χ4v) is 3.13. The van der Waals surface area contributed by atoms with Crippen molar-refractivity contribution in [3.63, 3.8) is 0 Å². The normalized spacial score (nSPS) is 11.2. The van der Waals surface area contributed by atoms with Gasteiger partial charge in [0.05, 0.1) is 23.0 Å². The lowest BCUT2D eigenvalue weighted by Gasteiger charge is -2.04. The molecular weight excluding hydrogens is 322 g/mol. The number of fused-ring (bicyclic) bond motifs is 1. The third kappa shape index (κ3) is 3.80. The van der Waals surface area contributed by atoms with E-state index in [4.69, 9.17) is 0 Å². The van der Waals surface area contributed by atoms with Crippen molar-refractivity contribution in [2.45, 2.75) is 18.6 Å². The number of rotatable bonds is 6. The van der Waals surface area contributed by atoms with E-state index in [2.05, 4.69) is 32.0 Å². The first-order valence-electron chi connectivity index (χ1n) is 7.58. The predicted octanol–water partition coefficient (Wildman–Crippen LogP) is 2.69. The average molecular weight is 339 g/mol. The second-order valence-corrected chi connectivity index (χ2v) is 5.93. The highest BCUT2D eigenvalue weighted by atomic mass is 32.2. The molecule has 1 amide bonds. The number of aromatic nitrogens is 3. The maximum atomic E-state index is 11.9. The van der Waals surface area contributed by atoms with E-state index < -0.39 is 0 Å². The molecule has 0 unspecified atom stereocenters. The lowest BCUT2D eigenvalue weighted by molar-refractivity contribution is -0.118. The van der Waals surface area contributed by atoms with Gasteiger partial charge in [-0.25, -0.2) is 10.4 Å². The fraction of sp³-hybridized carbons (Fsp3) is 0.176. The van der Waals surface area contributed by atoms with Crippen molar-refractivity contribution in [2.24, 2.45) is 5.10 Å². The Morgan fingerprint density at radius 3 is 2.88 bits per heavy atom. The molecule has 122 valence electrons. The number of carbonyl (C=O) groups excluding carboxylic acids is 1. The van der Waals surface area contributed by atoms with Gasteiger partial charge >= 0.3 is 0 Å². The minimum atomic E-state index is -0.167. The summed E-state index contributed by atoms with van der Waals surface area (Å²) in [7, 11) is 0. The zero-order valence-corrected chi connectivity index (χ0v) is 14.0. The van der Waals surface area contributed by atoms with E-state index in [0.717, 1.165) is 28.3 Å². The van der Waals surface area contributed by atoms with Crippen LogP contribution in [0.5, 0.6) is 0 Å². The summed E-state index contributed by atoms with van der Waals surface area (Å²) in [5.41, 5.74) is 5.43. The van der Waals surface area contributed by atoms with Crippen LogP contribution in [0.1, 0.15) is 12.5 Å². The van der Waals surface area contributed by atoms with Gasteiger partial charge in [-0.3, -0.25) is 9.78 Å². The first-order valence-corrected chi connectivity index (χ1v) is 8.56. The number of hydrazone groups is 1. The number of carbonyl (C=O) groups is 1.